The number of thiazole rings is 1. The van der Waals surface area contributed by atoms with Crippen molar-refractivity contribution in [1.29, 1.82) is 0 Å². The molecule has 3 amide bonds. The smallest absolute Gasteiger partial charge is 0.351 e. The summed E-state index contributed by atoms with van der Waals surface area (Å²) >= 11 is 0.809. The van der Waals surface area contributed by atoms with Crippen LogP contribution in [0.4, 0.5) is 23.8 Å². The lowest BCUT2D eigenvalue weighted by Gasteiger charge is -2.32. The molecule has 0 saturated carbocycles. The molecule has 12 nitrogen and oxygen atoms in total. The molecule has 0 atom stereocenters. The SMILES string of the molecule is CCNC(=O)Nc1cc(-c2nc(C(F)(F)F)cs2)c(-c2ccc3c(=O)c(C(=O)NCCN4CCN(C)CC4)cn(Cc4cccnc4)c3c2)cn1. The average Bonchev–Trinajstić information content (AvgIpc) is 3.62. The number of fused-ring (bicyclic) bond motifs is 1. The van der Waals surface area contributed by atoms with E-state index in [0.717, 1.165) is 48.5 Å². The van der Waals surface area contributed by atoms with E-state index in [1.807, 2.05) is 6.07 Å². The molecular weight excluding hydrogens is 684 g/mol. The lowest BCUT2D eigenvalue weighted by atomic mass is 9.99. The van der Waals surface area contributed by atoms with Gasteiger partial charge in [0.2, 0.25) is 5.43 Å². The number of nitrogens with zero attached hydrogens (tertiary/aromatic N) is 6. The Kier molecular flexibility index (Phi) is 10.7. The topological polar surface area (TPSA) is 137 Å². The second-order valence-corrected chi connectivity index (χ2v) is 13.0. The molecule has 0 unspecified atom stereocenters. The van der Waals surface area contributed by atoms with Gasteiger partial charge in [0.1, 0.15) is 16.4 Å². The van der Waals surface area contributed by atoms with Crippen LogP contribution in [-0.2, 0) is 12.7 Å². The zero-order valence-corrected chi connectivity index (χ0v) is 28.8. The first-order valence-electron chi connectivity index (χ1n) is 16.3. The summed E-state index contributed by atoms with van der Waals surface area (Å²) < 4.78 is 42.5. The first-order valence-corrected chi connectivity index (χ1v) is 17.2. The Hall–Kier alpha value is -5.19. The first kappa shape index (κ1) is 35.6. The van der Waals surface area contributed by atoms with E-state index in [-0.39, 0.29) is 28.3 Å². The van der Waals surface area contributed by atoms with Gasteiger partial charge in [-0.05, 0) is 49.4 Å². The quantitative estimate of drug-likeness (QED) is 0.188. The van der Waals surface area contributed by atoms with Crippen LogP contribution in [0.5, 0.6) is 0 Å². The number of hydrogen-bond acceptors (Lipinski definition) is 9. The molecule has 0 radical (unpaired) electrons. The summed E-state index contributed by atoms with van der Waals surface area (Å²) in [4.78, 5) is 56.4. The molecule has 0 bridgehead atoms. The summed E-state index contributed by atoms with van der Waals surface area (Å²) in [7, 11) is 2.08. The number of benzene rings is 1. The number of piperazine rings is 1. The molecule has 0 aliphatic carbocycles. The van der Waals surface area contributed by atoms with Gasteiger partial charge in [-0.15, -0.1) is 11.3 Å². The van der Waals surface area contributed by atoms with Crippen molar-refractivity contribution >= 4 is 40.0 Å². The minimum Gasteiger partial charge on any atom is -0.351 e. The number of alkyl halides is 3. The molecule has 6 rings (SSSR count). The molecule has 266 valence electrons. The van der Waals surface area contributed by atoms with Crippen LogP contribution in [0.1, 0.15) is 28.5 Å². The number of nitrogens with one attached hydrogen (secondary N) is 3. The highest BCUT2D eigenvalue weighted by Gasteiger charge is 2.34. The van der Waals surface area contributed by atoms with Crippen LogP contribution >= 0.6 is 11.3 Å². The number of amides is 3. The maximum absolute atomic E-state index is 13.8. The summed E-state index contributed by atoms with van der Waals surface area (Å²) in [6.45, 7) is 7.13. The number of carbonyl (C=O) groups is 2. The number of anilines is 1. The Balaban J connectivity index is 1.40. The van der Waals surface area contributed by atoms with Gasteiger partial charge in [0.05, 0.1) is 5.52 Å². The molecule has 3 N–H and O–H groups in total. The maximum Gasteiger partial charge on any atom is 0.434 e. The minimum absolute atomic E-state index is 0.0110. The van der Waals surface area contributed by atoms with Gasteiger partial charge in [-0.3, -0.25) is 24.8 Å². The third kappa shape index (κ3) is 8.41. The average molecular weight is 720 g/mol. The molecule has 1 aliphatic rings. The normalized spacial score (nSPS) is 14.1. The Labute approximate surface area is 295 Å². The van der Waals surface area contributed by atoms with Gasteiger partial charge in [-0.1, -0.05) is 12.1 Å². The van der Waals surface area contributed by atoms with E-state index in [1.165, 1.54) is 18.5 Å². The van der Waals surface area contributed by atoms with Gasteiger partial charge in [-0.2, -0.15) is 13.2 Å². The molecule has 16 heteroatoms. The molecule has 1 aromatic carbocycles. The highest BCUT2D eigenvalue weighted by molar-refractivity contribution is 7.13. The van der Waals surface area contributed by atoms with Crippen LogP contribution in [0.2, 0.25) is 0 Å². The third-order valence-corrected chi connectivity index (χ3v) is 9.41. The second-order valence-electron chi connectivity index (χ2n) is 12.1. The molecule has 1 saturated heterocycles. The molecule has 5 aromatic rings. The van der Waals surface area contributed by atoms with E-state index < -0.39 is 29.2 Å². The van der Waals surface area contributed by atoms with Crippen LogP contribution in [-0.4, -0.2) is 94.1 Å². The van der Waals surface area contributed by atoms with Crippen molar-refractivity contribution in [2.24, 2.45) is 0 Å². The van der Waals surface area contributed by atoms with E-state index in [0.29, 0.717) is 41.8 Å². The van der Waals surface area contributed by atoms with Gasteiger partial charge >= 0.3 is 12.2 Å². The maximum atomic E-state index is 13.8. The number of pyridine rings is 3. The number of carbonyl (C=O) groups excluding carboxylic acids is 2. The molecule has 0 spiro atoms. The fraction of sp³-hybridized carbons (Fsp3) is 0.314. The fourth-order valence-corrected chi connectivity index (χ4v) is 6.67. The summed E-state index contributed by atoms with van der Waals surface area (Å²) in [6, 6.07) is 9.59. The van der Waals surface area contributed by atoms with Gasteiger partial charge in [-0.25, -0.2) is 14.8 Å². The number of aromatic nitrogens is 4. The highest BCUT2D eigenvalue weighted by Crippen LogP contribution is 2.39. The lowest BCUT2D eigenvalue weighted by Crippen LogP contribution is -2.47. The standard InChI is InChI=1S/C35H36F3N9O3S/c1-3-40-34(50)44-30-16-25(33-43-29(21-51-33)35(36,37)38)26(18-42-30)23-6-7-24-28(15-23)47(19-22-5-4-8-39-17-22)20-27(31(24)48)32(49)41-9-10-46-13-11-45(2)12-14-46/h4-8,15-18,20-21H,3,9-14,19H2,1-2H3,(H,41,49)(H2,40,42,44,50). The van der Waals surface area contributed by atoms with Crippen LogP contribution < -0.4 is 21.4 Å². The van der Waals surface area contributed by atoms with E-state index in [4.69, 9.17) is 0 Å². The van der Waals surface area contributed by atoms with Crippen molar-refractivity contribution in [3.05, 3.63) is 93.6 Å². The molecule has 1 fully saturated rings. The van der Waals surface area contributed by atoms with E-state index >= 15 is 0 Å². The Morgan fingerprint density at radius 1 is 1.02 bits per heavy atom. The van der Waals surface area contributed by atoms with E-state index in [1.54, 1.807) is 48.1 Å². The summed E-state index contributed by atoms with van der Waals surface area (Å²) in [6.07, 6.45) is 1.66. The number of hydrogen-bond donors (Lipinski definition) is 3. The van der Waals surface area contributed by atoms with Gasteiger partial charge in [0, 0.05) is 99.0 Å². The number of likely N-dealkylation sites (N-methyl/N-ethyl adjacent to an activating group) is 1. The van der Waals surface area contributed by atoms with Crippen LogP contribution in [0, 0.1) is 0 Å². The molecule has 5 heterocycles. The van der Waals surface area contributed by atoms with Gasteiger partial charge in [0.25, 0.3) is 5.91 Å². The molecular formula is C35H36F3N9O3S. The van der Waals surface area contributed by atoms with Gasteiger partial charge in [0.15, 0.2) is 5.69 Å². The largest absolute Gasteiger partial charge is 0.434 e. The summed E-state index contributed by atoms with van der Waals surface area (Å²) in [5, 5.41) is 9.38. The van der Waals surface area contributed by atoms with E-state index in [2.05, 4.69) is 47.7 Å². The van der Waals surface area contributed by atoms with Crippen LogP contribution in [0.15, 0.2) is 71.4 Å². The zero-order valence-electron chi connectivity index (χ0n) is 28.0. The fourth-order valence-electron chi connectivity index (χ4n) is 5.81. The Morgan fingerprint density at radius 2 is 1.82 bits per heavy atom. The number of halogens is 3. The van der Waals surface area contributed by atoms with Crippen molar-refractivity contribution in [3.8, 4) is 21.7 Å². The number of rotatable bonds is 10. The van der Waals surface area contributed by atoms with Crippen LogP contribution in [0.25, 0.3) is 32.6 Å². The lowest BCUT2D eigenvalue weighted by molar-refractivity contribution is -0.140. The predicted octanol–water partition coefficient (Wildman–Crippen LogP) is 4.77. The highest BCUT2D eigenvalue weighted by atomic mass is 32.1. The molecule has 1 aliphatic heterocycles. The minimum atomic E-state index is -4.65. The van der Waals surface area contributed by atoms with E-state index in [9.17, 15) is 27.6 Å². The summed E-state index contributed by atoms with van der Waals surface area (Å²) in [5.74, 6) is -0.369. The van der Waals surface area contributed by atoms with Crippen molar-refractivity contribution in [2.75, 3.05) is 58.2 Å². The van der Waals surface area contributed by atoms with Crippen molar-refractivity contribution in [3.63, 3.8) is 0 Å². The Morgan fingerprint density at radius 3 is 2.53 bits per heavy atom. The summed E-state index contributed by atoms with van der Waals surface area (Å²) in [5.41, 5.74) is 1.06. The van der Waals surface area contributed by atoms with Crippen molar-refractivity contribution < 1.29 is 22.8 Å². The Bertz CT molecular complexity index is 2100. The predicted molar refractivity (Wildman–Crippen MR) is 190 cm³/mol. The molecule has 4 aromatic heterocycles. The monoisotopic (exact) mass is 719 g/mol. The zero-order chi connectivity index (χ0) is 36.1. The molecule has 51 heavy (non-hydrogen) atoms. The van der Waals surface area contributed by atoms with Gasteiger partial charge < -0.3 is 20.1 Å². The van der Waals surface area contributed by atoms with Crippen molar-refractivity contribution in [2.45, 2.75) is 19.6 Å². The second kappa shape index (κ2) is 15.4. The van der Waals surface area contributed by atoms with Crippen LogP contribution in [0.3, 0.4) is 0 Å². The van der Waals surface area contributed by atoms with Crippen molar-refractivity contribution in [1.82, 2.24) is 40.0 Å². The first-order chi connectivity index (χ1) is 24.5. The number of urea groups is 1. The third-order valence-electron chi connectivity index (χ3n) is 8.53.